The van der Waals surface area contributed by atoms with Gasteiger partial charge in [0, 0.05) is 29.9 Å². The molecule has 1 aliphatic rings. The van der Waals surface area contributed by atoms with Gasteiger partial charge in [0.1, 0.15) is 6.61 Å². The number of carbonyl (C=O) groups excluding carboxylic acids is 1. The highest BCUT2D eigenvalue weighted by molar-refractivity contribution is 5.67. The van der Waals surface area contributed by atoms with Gasteiger partial charge in [-0.2, -0.15) is 5.10 Å². The van der Waals surface area contributed by atoms with Crippen molar-refractivity contribution < 1.29 is 9.53 Å². The number of aromatic amines is 1. The Bertz CT molecular complexity index is 635. The smallest absolute Gasteiger partial charge is 0.407 e. The number of H-pyrrole nitrogens is 1. The maximum absolute atomic E-state index is 11.7. The molecule has 6 nitrogen and oxygen atoms in total. The van der Waals surface area contributed by atoms with E-state index in [1.54, 1.807) is 0 Å². The summed E-state index contributed by atoms with van der Waals surface area (Å²) in [5.74, 6) is 0. The second kappa shape index (κ2) is 7.28. The molecule has 2 aromatic rings. The highest BCUT2D eigenvalue weighted by Gasteiger charge is 2.30. The van der Waals surface area contributed by atoms with E-state index in [-0.39, 0.29) is 12.1 Å². The van der Waals surface area contributed by atoms with Crippen molar-refractivity contribution in [3.63, 3.8) is 0 Å². The van der Waals surface area contributed by atoms with Gasteiger partial charge in [-0.05, 0) is 25.3 Å². The molecule has 6 heteroatoms. The average Bonchev–Trinajstić information content (AvgIpc) is 2.93. The van der Waals surface area contributed by atoms with Crippen LogP contribution in [-0.4, -0.2) is 28.4 Å². The first-order chi connectivity index (χ1) is 11.2. The second-order valence-corrected chi connectivity index (χ2v) is 5.97. The molecular weight excluding hydrogens is 292 g/mol. The summed E-state index contributed by atoms with van der Waals surface area (Å²) >= 11 is 0. The van der Waals surface area contributed by atoms with Gasteiger partial charge in [-0.3, -0.25) is 5.10 Å². The van der Waals surface area contributed by atoms with Gasteiger partial charge in [0.05, 0.1) is 6.20 Å². The fourth-order valence-corrected chi connectivity index (χ4v) is 2.64. The Kier molecular flexibility index (Phi) is 4.92. The van der Waals surface area contributed by atoms with E-state index in [1.165, 1.54) is 5.56 Å². The maximum Gasteiger partial charge on any atom is 0.407 e. The normalized spacial score (nSPS) is 19.9. The number of ether oxygens (including phenoxy) is 1. The molecule has 122 valence electrons. The van der Waals surface area contributed by atoms with E-state index in [4.69, 9.17) is 4.74 Å². The van der Waals surface area contributed by atoms with Crippen molar-refractivity contribution in [3.8, 4) is 0 Å². The number of hydrogen-bond donors (Lipinski definition) is 3. The predicted octanol–water partition coefficient (Wildman–Crippen LogP) is 2.27. The van der Waals surface area contributed by atoms with Crippen LogP contribution in [0.3, 0.4) is 0 Å². The van der Waals surface area contributed by atoms with Crippen LogP contribution in [0.2, 0.25) is 0 Å². The third-order valence-electron chi connectivity index (χ3n) is 4.19. The molecule has 1 amide bonds. The van der Waals surface area contributed by atoms with Crippen molar-refractivity contribution in [3.05, 3.63) is 53.3 Å². The Morgan fingerprint density at radius 1 is 1.30 bits per heavy atom. The van der Waals surface area contributed by atoms with Crippen LogP contribution in [-0.2, 0) is 17.9 Å². The third kappa shape index (κ3) is 4.32. The number of carbonyl (C=O) groups is 1. The Labute approximate surface area is 135 Å². The molecule has 1 aliphatic carbocycles. The molecule has 0 atom stereocenters. The van der Waals surface area contributed by atoms with Crippen molar-refractivity contribution in [1.82, 2.24) is 20.8 Å². The van der Waals surface area contributed by atoms with Gasteiger partial charge in [0.15, 0.2) is 0 Å². The lowest BCUT2D eigenvalue weighted by Gasteiger charge is -2.36. The molecule has 0 saturated heterocycles. The third-order valence-corrected chi connectivity index (χ3v) is 4.19. The van der Waals surface area contributed by atoms with Crippen molar-refractivity contribution in [1.29, 1.82) is 0 Å². The van der Waals surface area contributed by atoms with E-state index < -0.39 is 0 Å². The average molecular weight is 314 g/mol. The quantitative estimate of drug-likeness (QED) is 0.764. The Morgan fingerprint density at radius 3 is 2.78 bits per heavy atom. The van der Waals surface area contributed by atoms with Crippen LogP contribution in [0.15, 0.2) is 36.5 Å². The first kappa shape index (κ1) is 15.6. The highest BCUT2D eigenvalue weighted by Crippen LogP contribution is 2.20. The molecule has 0 bridgehead atoms. The molecular formula is C17H22N4O2. The number of rotatable bonds is 6. The summed E-state index contributed by atoms with van der Waals surface area (Å²) < 4.78 is 5.22. The van der Waals surface area contributed by atoms with Crippen LogP contribution < -0.4 is 10.6 Å². The lowest BCUT2D eigenvalue weighted by Crippen LogP contribution is -2.52. The summed E-state index contributed by atoms with van der Waals surface area (Å²) in [4.78, 5) is 11.7. The highest BCUT2D eigenvalue weighted by atomic mass is 16.5. The Hall–Kier alpha value is -2.34. The van der Waals surface area contributed by atoms with Crippen molar-refractivity contribution in [2.45, 2.75) is 45.0 Å². The number of hydrogen-bond acceptors (Lipinski definition) is 4. The van der Waals surface area contributed by atoms with Gasteiger partial charge < -0.3 is 15.4 Å². The van der Waals surface area contributed by atoms with E-state index in [1.807, 2.05) is 43.5 Å². The van der Waals surface area contributed by atoms with E-state index >= 15 is 0 Å². The van der Waals surface area contributed by atoms with Crippen molar-refractivity contribution in [2.24, 2.45) is 0 Å². The molecule has 1 saturated carbocycles. The van der Waals surface area contributed by atoms with Crippen LogP contribution in [0.1, 0.15) is 29.7 Å². The predicted molar refractivity (Wildman–Crippen MR) is 86.7 cm³/mol. The first-order valence-corrected chi connectivity index (χ1v) is 7.90. The minimum atomic E-state index is -0.344. The summed E-state index contributed by atoms with van der Waals surface area (Å²) in [6.45, 7) is 3.12. The summed E-state index contributed by atoms with van der Waals surface area (Å²) in [5, 5.41) is 13.3. The van der Waals surface area contributed by atoms with Crippen LogP contribution >= 0.6 is 0 Å². The second-order valence-electron chi connectivity index (χ2n) is 5.97. The lowest BCUT2D eigenvalue weighted by molar-refractivity contribution is 0.125. The number of benzene rings is 1. The molecule has 23 heavy (non-hydrogen) atoms. The molecule has 0 radical (unpaired) electrons. The van der Waals surface area contributed by atoms with Crippen LogP contribution in [0.4, 0.5) is 4.79 Å². The van der Waals surface area contributed by atoms with Crippen LogP contribution in [0.5, 0.6) is 0 Å². The van der Waals surface area contributed by atoms with E-state index in [9.17, 15) is 4.79 Å². The Morgan fingerprint density at radius 2 is 2.09 bits per heavy atom. The zero-order chi connectivity index (χ0) is 16.1. The van der Waals surface area contributed by atoms with E-state index in [0.717, 1.165) is 30.6 Å². The number of nitrogens with zero attached hydrogens (tertiary/aromatic N) is 1. The molecule has 1 fully saturated rings. The molecule has 3 rings (SSSR count). The molecule has 3 N–H and O–H groups in total. The van der Waals surface area contributed by atoms with Gasteiger partial charge in [0.25, 0.3) is 0 Å². The molecule has 1 aromatic heterocycles. The Balaban J connectivity index is 1.31. The fourth-order valence-electron chi connectivity index (χ4n) is 2.64. The van der Waals surface area contributed by atoms with Gasteiger partial charge in [-0.25, -0.2) is 4.79 Å². The molecule has 0 unspecified atom stereocenters. The van der Waals surface area contributed by atoms with Gasteiger partial charge in [-0.1, -0.05) is 30.3 Å². The summed E-state index contributed by atoms with van der Waals surface area (Å²) in [6.07, 6.45) is 3.36. The first-order valence-electron chi connectivity index (χ1n) is 7.90. The molecule has 1 heterocycles. The number of nitrogens with one attached hydrogen (secondary N) is 3. The minimum Gasteiger partial charge on any atom is -0.445 e. The van der Waals surface area contributed by atoms with E-state index in [2.05, 4.69) is 20.8 Å². The number of aryl methyl sites for hydroxylation is 1. The fraction of sp³-hybridized carbons (Fsp3) is 0.412. The molecule has 0 spiro atoms. The van der Waals surface area contributed by atoms with E-state index in [0.29, 0.717) is 12.6 Å². The molecule has 0 aliphatic heterocycles. The summed E-state index contributed by atoms with van der Waals surface area (Å²) in [7, 11) is 0. The largest absolute Gasteiger partial charge is 0.445 e. The SMILES string of the molecule is Cc1[nH]ncc1CNC1CC(NC(=O)OCc2ccccc2)C1. The zero-order valence-electron chi connectivity index (χ0n) is 13.2. The summed E-state index contributed by atoms with van der Waals surface area (Å²) in [6, 6.07) is 10.3. The maximum atomic E-state index is 11.7. The van der Waals surface area contributed by atoms with Crippen LogP contribution in [0, 0.1) is 6.92 Å². The standard InChI is InChI=1S/C17H22N4O2/c1-12-14(10-19-21-12)9-18-15-7-16(8-15)20-17(22)23-11-13-5-3-2-4-6-13/h2-6,10,15-16,18H,7-9,11H2,1H3,(H,19,21)(H,20,22). The molecule has 1 aromatic carbocycles. The zero-order valence-corrected chi connectivity index (χ0v) is 13.2. The minimum absolute atomic E-state index is 0.196. The topological polar surface area (TPSA) is 79.0 Å². The van der Waals surface area contributed by atoms with Crippen LogP contribution in [0.25, 0.3) is 0 Å². The van der Waals surface area contributed by atoms with Gasteiger partial charge in [0.2, 0.25) is 0 Å². The van der Waals surface area contributed by atoms with Crippen molar-refractivity contribution >= 4 is 6.09 Å². The number of alkyl carbamates (subject to hydrolysis) is 1. The van der Waals surface area contributed by atoms with Gasteiger partial charge >= 0.3 is 6.09 Å². The summed E-state index contributed by atoms with van der Waals surface area (Å²) in [5.41, 5.74) is 3.27. The number of aromatic nitrogens is 2. The lowest BCUT2D eigenvalue weighted by atomic mass is 9.87. The van der Waals surface area contributed by atoms with Crippen molar-refractivity contribution in [2.75, 3.05) is 0 Å². The van der Waals surface area contributed by atoms with Gasteiger partial charge in [-0.15, -0.1) is 0 Å². The number of amides is 1. The monoisotopic (exact) mass is 314 g/mol.